The molecule has 0 bridgehead atoms. The number of nitrogens with zero attached hydrogens (tertiary/aromatic N) is 2. The van der Waals surface area contributed by atoms with Crippen LogP contribution in [0.15, 0.2) is 47.3 Å². The Balaban J connectivity index is 1.84. The van der Waals surface area contributed by atoms with Gasteiger partial charge >= 0.3 is 0 Å². The monoisotopic (exact) mass is 299 g/mol. The third kappa shape index (κ3) is 4.55. The molecule has 1 aromatic heterocycles. The normalized spacial score (nSPS) is 10.4. The fraction of sp³-hybridized carbons (Fsp3) is 0.353. The molecule has 0 saturated carbocycles. The van der Waals surface area contributed by atoms with Crippen LogP contribution in [0, 0.1) is 0 Å². The number of amides is 1. The van der Waals surface area contributed by atoms with Crippen LogP contribution in [0.5, 0.6) is 0 Å². The Hall–Kier alpha value is -2.43. The van der Waals surface area contributed by atoms with Crippen LogP contribution in [0.25, 0.3) is 0 Å². The molecule has 0 radical (unpaired) electrons. The Morgan fingerprint density at radius 1 is 1.18 bits per heavy atom. The van der Waals surface area contributed by atoms with Crippen molar-refractivity contribution >= 4 is 5.91 Å². The minimum absolute atomic E-state index is 0.178. The first-order valence-electron chi connectivity index (χ1n) is 7.61. The van der Waals surface area contributed by atoms with E-state index in [2.05, 4.69) is 22.5 Å². The molecule has 0 atom stereocenters. The summed E-state index contributed by atoms with van der Waals surface area (Å²) in [5.41, 5.74) is 1.36. The van der Waals surface area contributed by atoms with E-state index >= 15 is 0 Å². The van der Waals surface area contributed by atoms with Gasteiger partial charge in [0.15, 0.2) is 0 Å². The van der Waals surface area contributed by atoms with Crippen LogP contribution in [0.3, 0.4) is 0 Å². The second-order valence-electron chi connectivity index (χ2n) is 5.13. The molecular formula is C17H21N3O2. The highest BCUT2D eigenvalue weighted by molar-refractivity contribution is 5.91. The number of aryl methyl sites for hydroxylation is 2. The van der Waals surface area contributed by atoms with E-state index in [1.54, 1.807) is 0 Å². The number of hydrogen-bond donors (Lipinski definition) is 1. The van der Waals surface area contributed by atoms with Gasteiger partial charge in [-0.1, -0.05) is 37.3 Å². The lowest BCUT2D eigenvalue weighted by molar-refractivity contribution is 0.0945. The van der Waals surface area contributed by atoms with Crippen molar-refractivity contribution in [3.05, 3.63) is 64.1 Å². The van der Waals surface area contributed by atoms with Crippen LogP contribution in [0.2, 0.25) is 0 Å². The molecule has 1 aromatic carbocycles. The lowest BCUT2D eigenvalue weighted by atomic mass is 10.1. The van der Waals surface area contributed by atoms with Crippen molar-refractivity contribution in [2.45, 2.75) is 32.7 Å². The Bertz CT molecular complexity index is 665. The Morgan fingerprint density at radius 3 is 2.68 bits per heavy atom. The molecule has 0 aliphatic heterocycles. The van der Waals surface area contributed by atoms with Crippen LogP contribution in [-0.4, -0.2) is 22.2 Å². The van der Waals surface area contributed by atoms with E-state index < -0.39 is 0 Å². The molecule has 2 aromatic rings. The van der Waals surface area contributed by atoms with Gasteiger partial charge in [-0.05, 0) is 30.9 Å². The molecule has 1 heterocycles. The number of hydrogen-bond acceptors (Lipinski definition) is 3. The third-order valence-electron chi connectivity index (χ3n) is 3.31. The quantitative estimate of drug-likeness (QED) is 0.796. The van der Waals surface area contributed by atoms with E-state index in [1.165, 1.54) is 22.4 Å². The highest BCUT2D eigenvalue weighted by Gasteiger charge is 2.08. The summed E-state index contributed by atoms with van der Waals surface area (Å²) in [7, 11) is 0. The van der Waals surface area contributed by atoms with Crippen molar-refractivity contribution in [3.8, 4) is 0 Å². The number of carbonyl (C=O) groups excluding carboxylic acids is 1. The summed E-state index contributed by atoms with van der Waals surface area (Å²) in [5.74, 6) is -0.238. The van der Waals surface area contributed by atoms with Crippen LogP contribution in [0.1, 0.15) is 35.8 Å². The molecule has 1 N–H and O–H groups in total. The molecule has 5 nitrogen and oxygen atoms in total. The first-order valence-corrected chi connectivity index (χ1v) is 7.61. The van der Waals surface area contributed by atoms with E-state index in [0.717, 1.165) is 19.3 Å². The first kappa shape index (κ1) is 15.9. The minimum Gasteiger partial charge on any atom is -0.351 e. The summed E-state index contributed by atoms with van der Waals surface area (Å²) >= 11 is 0. The van der Waals surface area contributed by atoms with E-state index in [9.17, 15) is 9.59 Å². The molecule has 0 unspecified atom stereocenters. The Morgan fingerprint density at radius 2 is 1.95 bits per heavy atom. The van der Waals surface area contributed by atoms with E-state index in [0.29, 0.717) is 13.1 Å². The number of nitrogens with one attached hydrogen (secondary N) is 1. The van der Waals surface area contributed by atoms with Gasteiger partial charge in [-0.15, -0.1) is 0 Å². The zero-order valence-electron chi connectivity index (χ0n) is 12.8. The number of rotatable bonds is 7. The van der Waals surface area contributed by atoms with Gasteiger partial charge in [0, 0.05) is 19.2 Å². The third-order valence-corrected chi connectivity index (χ3v) is 3.31. The molecule has 5 heteroatoms. The topological polar surface area (TPSA) is 64.0 Å². The summed E-state index contributed by atoms with van der Waals surface area (Å²) in [5, 5.41) is 6.93. The van der Waals surface area contributed by atoms with E-state index in [4.69, 9.17) is 0 Å². The SMILES string of the molecule is CCCn1nc(C(=O)NCCCc2ccccc2)ccc1=O. The number of carbonyl (C=O) groups is 1. The Kier molecular flexibility index (Phi) is 5.89. The van der Waals surface area contributed by atoms with Gasteiger partial charge in [0.25, 0.3) is 11.5 Å². The molecule has 0 saturated heterocycles. The summed E-state index contributed by atoms with van der Waals surface area (Å²) in [4.78, 5) is 23.6. The molecular weight excluding hydrogens is 278 g/mol. The fourth-order valence-electron chi connectivity index (χ4n) is 2.17. The highest BCUT2D eigenvalue weighted by Crippen LogP contribution is 2.01. The molecule has 0 aliphatic carbocycles. The van der Waals surface area contributed by atoms with Gasteiger partial charge in [-0.2, -0.15) is 5.10 Å². The van der Waals surface area contributed by atoms with Gasteiger partial charge in [0.1, 0.15) is 5.69 Å². The largest absolute Gasteiger partial charge is 0.351 e. The highest BCUT2D eigenvalue weighted by atomic mass is 16.2. The lowest BCUT2D eigenvalue weighted by Crippen LogP contribution is -2.30. The van der Waals surface area contributed by atoms with Crippen molar-refractivity contribution in [3.63, 3.8) is 0 Å². The predicted molar refractivity (Wildman–Crippen MR) is 85.9 cm³/mol. The van der Waals surface area contributed by atoms with Crippen LogP contribution in [-0.2, 0) is 13.0 Å². The van der Waals surface area contributed by atoms with Crippen molar-refractivity contribution in [2.75, 3.05) is 6.54 Å². The summed E-state index contributed by atoms with van der Waals surface area (Å²) in [6.07, 6.45) is 2.59. The number of aromatic nitrogens is 2. The molecule has 2 rings (SSSR count). The van der Waals surface area contributed by atoms with Crippen molar-refractivity contribution < 1.29 is 4.79 Å². The molecule has 116 valence electrons. The summed E-state index contributed by atoms with van der Waals surface area (Å²) in [6, 6.07) is 13.0. The zero-order chi connectivity index (χ0) is 15.8. The fourth-order valence-corrected chi connectivity index (χ4v) is 2.17. The summed E-state index contributed by atoms with van der Waals surface area (Å²) < 4.78 is 1.33. The second kappa shape index (κ2) is 8.12. The maximum atomic E-state index is 12.0. The first-order chi connectivity index (χ1) is 10.7. The average molecular weight is 299 g/mol. The molecule has 0 fully saturated rings. The lowest BCUT2D eigenvalue weighted by Gasteiger charge is -2.07. The average Bonchev–Trinajstić information content (AvgIpc) is 2.54. The molecule has 0 aliphatic rings. The van der Waals surface area contributed by atoms with Crippen molar-refractivity contribution in [1.29, 1.82) is 0 Å². The second-order valence-corrected chi connectivity index (χ2v) is 5.13. The van der Waals surface area contributed by atoms with Gasteiger partial charge in [0.05, 0.1) is 0 Å². The standard InChI is InChI=1S/C17H21N3O2/c1-2-13-20-16(21)11-10-15(19-20)17(22)18-12-6-9-14-7-4-3-5-8-14/h3-5,7-8,10-11H,2,6,9,12-13H2,1H3,(H,18,22). The molecule has 1 amide bonds. The van der Waals surface area contributed by atoms with Gasteiger partial charge in [-0.25, -0.2) is 4.68 Å². The van der Waals surface area contributed by atoms with Crippen molar-refractivity contribution in [2.24, 2.45) is 0 Å². The molecule has 0 spiro atoms. The Labute approximate surface area is 130 Å². The van der Waals surface area contributed by atoms with Crippen LogP contribution >= 0.6 is 0 Å². The van der Waals surface area contributed by atoms with Gasteiger partial charge in [0.2, 0.25) is 0 Å². The van der Waals surface area contributed by atoms with Crippen LogP contribution in [0.4, 0.5) is 0 Å². The zero-order valence-corrected chi connectivity index (χ0v) is 12.8. The van der Waals surface area contributed by atoms with Crippen molar-refractivity contribution in [1.82, 2.24) is 15.1 Å². The van der Waals surface area contributed by atoms with E-state index in [1.807, 2.05) is 25.1 Å². The maximum absolute atomic E-state index is 12.0. The van der Waals surface area contributed by atoms with E-state index in [-0.39, 0.29) is 17.2 Å². The maximum Gasteiger partial charge on any atom is 0.271 e. The molecule has 22 heavy (non-hydrogen) atoms. The minimum atomic E-state index is -0.238. The number of benzene rings is 1. The smallest absolute Gasteiger partial charge is 0.271 e. The van der Waals surface area contributed by atoms with Crippen LogP contribution < -0.4 is 10.9 Å². The van der Waals surface area contributed by atoms with Gasteiger partial charge < -0.3 is 5.32 Å². The van der Waals surface area contributed by atoms with Gasteiger partial charge in [-0.3, -0.25) is 9.59 Å². The summed E-state index contributed by atoms with van der Waals surface area (Å²) in [6.45, 7) is 3.07. The predicted octanol–water partition coefficient (Wildman–Crippen LogP) is 2.02.